The Morgan fingerprint density at radius 1 is 1.64 bits per heavy atom. The van der Waals surface area contributed by atoms with Gasteiger partial charge in [-0.15, -0.1) is 0 Å². The van der Waals surface area contributed by atoms with Crippen molar-refractivity contribution in [2.75, 3.05) is 0 Å². The van der Waals surface area contributed by atoms with E-state index in [9.17, 15) is 9.59 Å². The van der Waals surface area contributed by atoms with Crippen molar-refractivity contribution in [2.24, 2.45) is 5.41 Å². The van der Waals surface area contributed by atoms with E-state index >= 15 is 0 Å². The minimum atomic E-state index is -0.0323. The van der Waals surface area contributed by atoms with Crippen LogP contribution in [0.15, 0.2) is 11.6 Å². The number of Topliss-reactive ketones (excluding diaryl/α,β-unsaturated/α-hetero) is 1. The van der Waals surface area contributed by atoms with Crippen LogP contribution in [0, 0.1) is 5.41 Å². The molecule has 11 heavy (non-hydrogen) atoms. The van der Waals surface area contributed by atoms with Gasteiger partial charge in [0.2, 0.25) is 0 Å². The number of hydrogen-bond donors (Lipinski definition) is 0. The van der Waals surface area contributed by atoms with E-state index in [0.29, 0.717) is 12.0 Å². The zero-order valence-corrected chi connectivity index (χ0v) is 6.89. The fourth-order valence-electron chi connectivity index (χ4n) is 1.39. The monoisotopic (exact) mass is 152 g/mol. The Morgan fingerprint density at radius 3 is 2.64 bits per heavy atom. The van der Waals surface area contributed by atoms with Crippen LogP contribution in [0.25, 0.3) is 0 Å². The van der Waals surface area contributed by atoms with Crippen LogP contribution >= 0.6 is 0 Å². The normalized spacial score (nSPS) is 21.6. The molecule has 0 aromatic heterocycles. The van der Waals surface area contributed by atoms with Crippen LogP contribution in [0.1, 0.15) is 26.7 Å². The Labute approximate surface area is 66.3 Å². The Hall–Kier alpha value is -0.920. The molecule has 0 N–H and O–H groups in total. The van der Waals surface area contributed by atoms with Crippen LogP contribution in [0.3, 0.4) is 0 Å². The quantitative estimate of drug-likeness (QED) is 0.562. The molecule has 0 bridgehead atoms. The van der Waals surface area contributed by atoms with Gasteiger partial charge in [-0.1, -0.05) is 19.9 Å². The molecule has 0 unspecified atom stereocenters. The highest BCUT2D eigenvalue weighted by Gasteiger charge is 2.29. The van der Waals surface area contributed by atoms with Crippen LogP contribution in [0.5, 0.6) is 0 Å². The third kappa shape index (κ3) is 1.76. The smallest absolute Gasteiger partial charge is 0.159 e. The van der Waals surface area contributed by atoms with Crippen LogP contribution in [-0.2, 0) is 9.59 Å². The predicted molar refractivity (Wildman–Crippen MR) is 42.2 cm³/mol. The van der Waals surface area contributed by atoms with Gasteiger partial charge in [0.15, 0.2) is 5.78 Å². The zero-order valence-electron chi connectivity index (χ0n) is 6.89. The lowest BCUT2D eigenvalue weighted by atomic mass is 9.93. The number of aldehydes is 1. The van der Waals surface area contributed by atoms with Gasteiger partial charge < -0.3 is 4.79 Å². The first-order chi connectivity index (χ1) is 5.05. The van der Waals surface area contributed by atoms with E-state index in [2.05, 4.69) is 0 Å². The molecule has 0 radical (unpaired) electrons. The standard InChI is InChI=1S/C9H12O2/c1-9(2)5-7(3-4-10)8(11)6-9/h4-5H,3,6H2,1-2H3. The zero-order chi connectivity index (χ0) is 8.48. The van der Waals surface area contributed by atoms with Gasteiger partial charge in [-0.3, -0.25) is 4.79 Å². The minimum absolute atomic E-state index is 0.0323. The Kier molecular flexibility index (Phi) is 1.94. The number of carbonyl (C=O) groups is 2. The lowest BCUT2D eigenvalue weighted by molar-refractivity contribution is -0.117. The number of hydrogen-bond acceptors (Lipinski definition) is 2. The molecule has 2 nitrogen and oxygen atoms in total. The molecule has 1 aliphatic carbocycles. The molecule has 0 aliphatic heterocycles. The number of allylic oxidation sites excluding steroid dienone is 2. The maximum absolute atomic E-state index is 11.2. The summed E-state index contributed by atoms with van der Waals surface area (Å²) in [6.45, 7) is 4.01. The van der Waals surface area contributed by atoms with Gasteiger partial charge in [0.25, 0.3) is 0 Å². The molecule has 1 aliphatic rings. The van der Waals surface area contributed by atoms with Gasteiger partial charge in [-0.05, 0) is 11.0 Å². The summed E-state index contributed by atoms with van der Waals surface area (Å²) in [5.74, 6) is 0.127. The molecule has 0 aromatic carbocycles. The summed E-state index contributed by atoms with van der Waals surface area (Å²) in [5.41, 5.74) is 0.653. The molecular weight excluding hydrogens is 140 g/mol. The second kappa shape index (κ2) is 2.61. The first-order valence-corrected chi connectivity index (χ1v) is 3.74. The Morgan fingerprint density at radius 2 is 2.27 bits per heavy atom. The van der Waals surface area contributed by atoms with Crippen LogP contribution in [0.4, 0.5) is 0 Å². The maximum atomic E-state index is 11.2. The van der Waals surface area contributed by atoms with Gasteiger partial charge in [0.05, 0.1) is 0 Å². The van der Waals surface area contributed by atoms with Gasteiger partial charge in [0, 0.05) is 12.8 Å². The van der Waals surface area contributed by atoms with Crippen molar-refractivity contribution in [3.63, 3.8) is 0 Å². The molecular formula is C9H12O2. The summed E-state index contributed by atoms with van der Waals surface area (Å²) in [4.78, 5) is 21.3. The van der Waals surface area contributed by atoms with Crippen molar-refractivity contribution in [2.45, 2.75) is 26.7 Å². The van der Waals surface area contributed by atoms with Gasteiger partial charge in [-0.25, -0.2) is 0 Å². The molecule has 0 saturated carbocycles. The van der Waals surface area contributed by atoms with Crippen molar-refractivity contribution >= 4 is 12.1 Å². The maximum Gasteiger partial charge on any atom is 0.159 e. The minimum Gasteiger partial charge on any atom is -0.303 e. The third-order valence-corrected chi connectivity index (χ3v) is 1.84. The van der Waals surface area contributed by atoms with E-state index in [0.717, 1.165) is 6.29 Å². The van der Waals surface area contributed by atoms with E-state index < -0.39 is 0 Å². The molecule has 0 saturated heterocycles. The topological polar surface area (TPSA) is 34.1 Å². The second-order valence-corrected chi connectivity index (χ2v) is 3.63. The van der Waals surface area contributed by atoms with Gasteiger partial charge in [-0.2, -0.15) is 0 Å². The van der Waals surface area contributed by atoms with Crippen molar-refractivity contribution in [1.29, 1.82) is 0 Å². The van der Waals surface area contributed by atoms with Crippen LogP contribution < -0.4 is 0 Å². The van der Waals surface area contributed by atoms with Crippen LogP contribution in [0.2, 0.25) is 0 Å². The van der Waals surface area contributed by atoms with E-state index in [1.54, 1.807) is 0 Å². The molecule has 0 amide bonds. The number of ketones is 1. The molecule has 0 spiro atoms. The molecule has 0 heterocycles. The summed E-state index contributed by atoms with van der Waals surface area (Å²) in [7, 11) is 0. The largest absolute Gasteiger partial charge is 0.303 e. The summed E-state index contributed by atoms with van der Waals surface area (Å²) in [6, 6.07) is 0. The summed E-state index contributed by atoms with van der Waals surface area (Å²) < 4.78 is 0. The third-order valence-electron chi connectivity index (χ3n) is 1.84. The first-order valence-electron chi connectivity index (χ1n) is 3.74. The Bertz CT molecular complexity index is 224. The van der Waals surface area contributed by atoms with E-state index in [1.807, 2.05) is 19.9 Å². The average Bonchev–Trinajstić information content (AvgIpc) is 2.07. The van der Waals surface area contributed by atoms with Crippen molar-refractivity contribution in [1.82, 2.24) is 0 Å². The fourth-order valence-corrected chi connectivity index (χ4v) is 1.39. The molecule has 2 heteroatoms. The SMILES string of the molecule is CC1(C)C=C(CC=O)C(=O)C1. The molecule has 1 rings (SSSR count). The Balaban J connectivity index is 2.79. The van der Waals surface area contributed by atoms with E-state index in [4.69, 9.17) is 0 Å². The average molecular weight is 152 g/mol. The van der Waals surface area contributed by atoms with Gasteiger partial charge in [0.1, 0.15) is 6.29 Å². The lowest BCUT2D eigenvalue weighted by Crippen LogP contribution is -2.05. The second-order valence-electron chi connectivity index (χ2n) is 3.63. The molecule has 0 aromatic rings. The van der Waals surface area contributed by atoms with Crippen LogP contribution in [-0.4, -0.2) is 12.1 Å². The molecule has 0 fully saturated rings. The van der Waals surface area contributed by atoms with Crippen molar-refractivity contribution in [3.05, 3.63) is 11.6 Å². The summed E-state index contributed by atoms with van der Waals surface area (Å²) >= 11 is 0. The summed E-state index contributed by atoms with van der Waals surface area (Å²) in [5, 5.41) is 0. The fraction of sp³-hybridized carbons (Fsp3) is 0.556. The summed E-state index contributed by atoms with van der Waals surface area (Å²) in [6.07, 6.45) is 3.52. The number of carbonyl (C=O) groups excluding carboxylic acids is 2. The van der Waals surface area contributed by atoms with Gasteiger partial charge >= 0.3 is 0 Å². The highest BCUT2D eigenvalue weighted by Crippen LogP contribution is 2.33. The molecule has 60 valence electrons. The lowest BCUT2D eigenvalue weighted by Gasteiger charge is -2.10. The number of rotatable bonds is 2. The van der Waals surface area contributed by atoms with E-state index in [1.165, 1.54) is 0 Å². The highest BCUT2D eigenvalue weighted by atomic mass is 16.1. The predicted octanol–water partition coefficient (Wildman–Crippen LogP) is 1.50. The molecule has 0 atom stereocenters. The van der Waals surface area contributed by atoms with Crippen molar-refractivity contribution in [3.8, 4) is 0 Å². The first kappa shape index (κ1) is 8.18. The highest BCUT2D eigenvalue weighted by molar-refractivity contribution is 6.00. The van der Waals surface area contributed by atoms with Crippen molar-refractivity contribution < 1.29 is 9.59 Å². The van der Waals surface area contributed by atoms with E-state index in [-0.39, 0.29) is 17.6 Å².